The molecule has 0 spiro atoms. The lowest BCUT2D eigenvalue weighted by Gasteiger charge is -2.25. The van der Waals surface area contributed by atoms with E-state index in [1.54, 1.807) is 18.5 Å². The number of nitrogens with zero attached hydrogens (tertiary/aromatic N) is 1. The Hall–Kier alpha value is -0.940. The van der Waals surface area contributed by atoms with E-state index in [1.165, 1.54) is 0 Å². The van der Waals surface area contributed by atoms with Gasteiger partial charge < -0.3 is 11.1 Å². The van der Waals surface area contributed by atoms with E-state index in [9.17, 15) is 4.79 Å². The van der Waals surface area contributed by atoms with E-state index >= 15 is 0 Å². The Kier molecular flexibility index (Phi) is 4.04. The number of hydrogen-bond acceptors (Lipinski definition) is 3. The molecule has 1 heterocycles. The number of nitrogens with two attached hydrogens (primary N) is 1. The summed E-state index contributed by atoms with van der Waals surface area (Å²) in [4.78, 5) is 15.8. The van der Waals surface area contributed by atoms with E-state index in [0.29, 0.717) is 5.69 Å². The fourth-order valence-corrected chi connectivity index (χ4v) is 1.43. The van der Waals surface area contributed by atoms with Gasteiger partial charge in [0.05, 0.1) is 16.2 Å². The Bertz CT molecular complexity index is 387. The molecule has 1 rings (SSSR count). The van der Waals surface area contributed by atoms with Gasteiger partial charge in [-0.3, -0.25) is 9.78 Å². The molecule has 0 radical (unpaired) electrons. The number of rotatable bonds is 2. The van der Waals surface area contributed by atoms with Crippen LogP contribution in [0, 0.1) is 5.41 Å². The molecular formula is C11H16BrN3O. The maximum Gasteiger partial charge on any atom is 0.241 e. The Morgan fingerprint density at radius 3 is 2.69 bits per heavy atom. The van der Waals surface area contributed by atoms with Crippen LogP contribution in [0.2, 0.25) is 0 Å². The molecule has 0 bridgehead atoms. The highest BCUT2D eigenvalue weighted by molar-refractivity contribution is 9.10. The molecule has 0 fully saturated rings. The van der Waals surface area contributed by atoms with Crippen LogP contribution in [0.3, 0.4) is 0 Å². The number of aromatic nitrogens is 1. The van der Waals surface area contributed by atoms with Gasteiger partial charge in [0.2, 0.25) is 5.91 Å². The molecule has 0 aliphatic heterocycles. The first-order chi connectivity index (χ1) is 7.32. The number of hydrogen-bond donors (Lipinski definition) is 2. The molecule has 0 aliphatic rings. The molecule has 0 unspecified atom stereocenters. The summed E-state index contributed by atoms with van der Waals surface area (Å²) in [7, 11) is 0. The number of nitrogens with one attached hydrogen (secondary N) is 1. The molecule has 1 amide bonds. The second-order valence-electron chi connectivity index (χ2n) is 4.69. The molecule has 0 aliphatic carbocycles. The van der Waals surface area contributed by atoms with Gasteiger partial charge >= 0.3 is 0 Å². The molecule has 1 atom stereocenters. The summed E-state index contributed by atoms with van der Waals surface area (Å²) in [5.74, 6) is -0.195. The van der Waals surface area contributed by atoms with Crippen molar-refractivity contribution >= 4 is 27.5 Å². The first-order valence-electron chi connectivity index (χ1n) is 4.98. The van der Waals surface area contributed by atoms with Crippen molar-refractivity contribution in [2.24, 2.45) is 11.1 Å². The quantitative estimate of drug-likeness (QED) is 0.875. The predicted octanol–water partition coefficient (Wildman–Crippen LogP) is 2.16. The van der Waals surface area contributed by atoms with Crippen LogP contribution in [0.1, 0.15) is 20.8 Å². The van der Waals surface area contributed by atoms with Crippen LogP contribution in [0.5, 0.6) is 0 Å². The van der Waals surface area contributed by atoms with Crippen LogP contribution in [-0.2, 0) is 4.79 Å². The van der Waals surface area contributed by atoms with Gasteiger partial charge in [-0.2, -0.15) is 0 Å². The van der Waals surface area contributed by atoms with E-state index in [4.69, 9.17) is 5.73 Å². The average Bonchev–Trinajstić information content (AvgIpc) is 2.19. The van der Waals surface area contributed by atoms with Crippen molar-refractivity contribution in [1.29, 1.82) is 0 Å². The standard InChI is InChI=1S/C11H16BrN3O/c1-11(2,3)9(13)10(16)15-8-4-5-14-6-7(8)12/h4-6,9H,13H2,1-3H3,(H,14,15,16)/t9-/m0/s1. The summed E-state index contributed by atoms with van der Waals surface area (Å²) in [6.45, 7) is 5.79. The summed E-state index contributed by atoms with van der Waals surface area (Å²) >= 11 is 3.31. The highest BCUT2D eigenvalue weighted by atomic mass is 79.9. The van der Waals surface area contributed by atoms with Crippen molar-refractivity contribution in [1.82, 2.24) is 4.98 Å². The zero-order valence-corrected chi connectivity index (χ0v) is 11.2. The van der Waals surface area contributed by atoms with Gasteiger partial charge in [-0.05, 0) is 27.4 Å². The molecule has 0 saturated carbocycles. The van der Waals surface area contributed by atoms with Crippen LogP contribution in [0.15, 0.2) is 22.9 Å². The highest BCUT2D eigenvalue weighted by Crippen LogP contribution is 2.22. The lowest BCUT2D eigenvalue weighted by molar-refractivity contribution is -0.119. The van der Waals surface area contributed by atoms with Crippen LogP contribution in [0.4, 0.5) is 5.69 Å². The number of carbonyl (C=O) groups excluding carboxylic acids is 1. The molecule has 88 valence electrons. The molecular weight excluding hydrogens is 270 g/mol. The predicted molar refractivity (Wildman–Crippen MR) is 68.0 cm³/mol. The average molecular weight is 286 g/mol. The maximum absolute atomic E-state index is 11.8. The first-order valence-corrected chi connectivity index (χ1v) is 5.77. The van der Waals surface area contributed by atoms with Gasteiger partial charge in [-0.15, -0.1) is 0 Å². The minimum atomic E-state index is -0.549. The third-order valence-electron chi connectivity index (χ3n) is 2.25. The summed E-state index contributed by atoms with van der Waals surface area (Å²) in [5, 5.41) is 2.77. The number of halogens is 1. The monoisotopic (exact) mass is 285 g/mol. The van der Waals surface area contributed by atoms with Crippen molar-refractivity contribution in [3.63, 3.8) is 0 Å². The van der Waals surface area contributed by atoms with Gasteiger partial charge in [0.15, 0.2) is 0 Å². The van der Waals surface area contributed by atoms with Gasteiger partial charge in [0.25, 0.3) is 0 Å². The van der Waals surface area contributed by atoms with E-state index in [-0.39, 0.29) is 11.3 Å². The van der Waals surface area contributed by atoms with Crippen molar-refractivity contribution in [2.45, 2.75) is 26.8 Å². The van der Waals surface area contributed by atoms with Crippen molar-refractivity contribution in [2.75, 3.05) is 5.32 Å². The SMILES string of the molecule is CC(C)(C)[C@@H](N)C(=O)Nc1ccncc1Br. The third kappa shape index (κ3) is 3.28. The lowest BCUT2D eigenvalue weighted by atomic mass is 9.87. The van der Waals surface area contributed by atoms with Crippen molar-refractivity contribution < 1.29 is 4.79 Å². The minimum absolute atomic E-state index is 0.195. The van der Waals surface area contributed by atoms with E-state index < -0.39 is 6.04 Å². The third-order valence-corrected chi connectivity index (χ3v) is 2.88. The molecule has 16 heavy (non-hydrogen) atoms. The van der Waals surface area contributed by atoms with Gasteiger partial charge in [-0.25, -0.2) is 0 Å². The smallest absolute Gasteiger partial charge is 0.241 e. The zero-order valence-electron chi connectivity index (χ0n) is 9.62. The van der Waals surface area contributed by atoms with E-state index in [2.05, 4.69) is 26.2 Å². The Balaban J connectivity index is 2.76. The second kappa shape index (κ2) is 4.93. The van der Waals surface area contributed by atoms with Crippen molar-refractivity contribution in [3.8, 4) is 0 Å². The van der Waals surface area contributed by atoms with Crippen LogP contribution < -0.4 is 11.1 Å². The van der Waals surface area contributed by atoms with Gasteiger partial charge in [0, 0.05) is 12.4 Å². The zero-order chi connectivity index (χ0) is 12.3. The molecule has 0 saturated heterocycles. The van der Waals surface area contributed by atoms with E-state index in [0.717, 1.165) is 4.47 Å². The molecule has 1 aromatic heterocycles. The van der Waals surface area contributed by atoms with Crippen molar-refractivity contribution in [3.05, 3.63) is 22.9 Å². The van der Waals surface area contributed by atoms with Crippen LogP contribution in [0.25, 0.3) is 0 Å². The molecule has 1 aromatic rings. The molecule has 0 aromatic carbocycles. The fraction of sp³-hybridized carbons (Fsp3) is 0.455. The summed E-state index contributed by atoms with van der Waals surface area (Å²) < 4.78 is 0.740. The van der Waals surface area contributed by atoms with E-state index in [1.807, 2.05) is 20.8 Å². The van der Waals surface area contributed by atoms with Crippen LogP contribution >= 0.6 is 15.9 Å². The number of carbonyl (C=O) groups is 1. The number of pyridine rings is 1. The largest absolute Gasteiger partial charge is 0.324 e. The number of amides is 1. The fourth-order valence-electron chi connectivity index (χ4n) is 1.08. The Labute approximate surface area is 104 Å². The first kappa shape index (κ1) is 13.1. The topological polar surface area (TPSA) is 68.0 Å². The molecule has 5 heteroatoms. The number of anilines is 1. The summed E-state index contributed by atoms with van der Waals surface area (Å²) in [6, 6.07) is 1.17. The molecule has 4 nitrogen and oxygen atoms in total. The summed E-state index contributed by atoms with van der Waals surface area (Å²) in [6.07, 6.45) is 3.24. The van der Waals surface area contributed by atoms with Gasteiger partial charge in [-0.1, -0.05) is 20.8 Å². The normalized spacial score (nSPS) is 13.3. The summed E-state index contributed by atoms with van der Waals surface area (Å²) in [5.41, 5.74) is 6.27. The Morgan fingerprint density at radius 1 is 1.56 bits per heavy atom. The second-order valence-corrected chi connectivity index (χ2v) is 5.54. The molecule has 3 N–H and O–H groups in total. The van der Waals surface area contributed by atoms with Gasteiger partial charge in [0.1, 0.15) is 0 Å². The maximum atomic E-state index is 11.8. The minimum Gasteiger partial charge on any atom is -0.324 e. The Morgan fingerprint density at radius 2 is 2.19 bits per heavy atom. The van der Waals surface area contributed by atoms with Crippen LogP contribution in [-0.4, -0.2) is 16.9 Å². The highest BCUT2D eigenvalue weighted by Gasteiger charge is 2.27. The lowest BCUT2D eigenvalue weighted by Crippen LogP contribution is -2.45.